The first kappa shape index (κ1) is 16.2. The average Bonchev–Trinajstić information content (AvgIpc) is 3.14. The molecule has 2 aromatic rings. The van der Waals surface area contributed by atoms with Gasteiger partial charge in [0.1, 0.15) is 5.82 Å². The monoisotopic (exact) mass is 335 g/mol. The molecule has 7 heteroatoms. The molecule has 2 fully saturated rings. The Bertz CT molecular complexity index is 685. The van der Waals surface area contributed by atoms with Crippen LogP contribution in [0.15, 0.2) is 22.9 Å². The minimum Gasteiger partial charge on any atom is -0.356 e. The Morgan fingerprint density at radius 3 is 2.87 bits per heavy atom. The van der Waals surface area contributed by atoms with Crippen molar-refractivity contribution in [2.75, 3.05) is 18.0 Å². The molecule has 1 saturated carbocycles. The molecule has 0 radical (unpaired) electrons. The lowest BCUT2D eigenvalue weighted by Crippen LogP contribution is -2.44. The lowest BCUT2D eigenvalue weighted by molar-refractivity contribution is 0.229. The third-order valence-corrected chi connectivity index (χ3v) is 4.86. The van der Waals surface area contributed by atoms with E-state index in [1.165, 1.54) is 6.42 Å². The zero-order valence-electron chi connectivity index (χ0n) is 13.2. The third-order valence-electron chi connectivity index (χ3n) is 4.86. The van der Waals surface area contributed by atoms with Gasteiger partial charge in [0.15, 0.2) is 5.82 Å². The normalized spacial score (nSPS) is 22.5. The number of hydrogen-bond acceptors (Lipinski definition) is 6. The van der Waals surface area contributed by atoms with Crippen LogP contribution in [0.4, 0.5) is 5.82 Å². The molecule has 0 amide bonds. The van der Waals surface area contributed by atoms with E-state index < -0.39 is 0 Å². The number of pyridine rings is 1. The first-order valence-corrected chi connectivity index (χ1v) is 7.98. The van der Waals surface area contributed by atoms with Crippen molar-refractivity contribution in [1.82, 2.24) is 15.1 Å². The summed E-state index contributed by atoms with van der Waals surface area (Å²) in [5.74, 6) is 2.86. The van der Waals surface area contributed by atoms with Gasteiger partial charge < -0.3 is 15.2 Å². The molecule has 2 N–H and O–H groups in total. The zero-order chi connectivity index (χ0) is 15.2. The number of anilines is 1. The van der Waals surface area contributed by atoms with Crippen LogP contribution >= 0.6 is 12.4 Å². The van der Waals surface area contributed by atoms with E-state index in [9.17, 15) is 0 Å². The van der Waals surface area contributed by atoms with Crippen LogP contribution in [0.2, 0.25) is 0 Å². The predicted octanol–water partition coefficient (Wildman–Crippen LogP) is 2.74. The van der Waals surface area contributed by atoms with Crippen LogP contribution < -0.4 is 10.6 Å². The van der Waals surface area contributed by atoms with E-state index in [0.717, 1.165) is 49.7 Å². The summed E-state index contributed by atoms with van der Waals surface area (Å²) >= 11 is 0. The van der Waals surface area contributed by atoms with Gasteiger partial charge in [0.05, 0.1) is 5.54 Å². The smallest absolute Gasteiger partial charge is 0.258 e. The lowest BCUT2D eigenvalue weighted by atomic mass is 9.77. The van der Waals surface area contributed by atoms with E-state index in [2.05, 4.69) is 26.9 Å². The van der Waals surface area contributed by atoms with Crippen molar-refractivity contribution in [2.45, 2.75) is 38.1 Å². The molecule has 1 unspecified atom stereocenters. The molecular weight excluding hydrogens is 314 g/mol. The van der Waals surface area contributed by atoms with Gasteiger partial charge in [0.2, 0.25) is 0 Å². The molecule has 0 aromatic carbocycles. The molecule has 124 valence electrons. The van der Waals surface area contributed by atoms with Crippen LogP contribution in [0.3, 0.4) is 0 Å². The maximum absolute atomic E-state index is 6.25. The highest BCUT2D eigenvalue weighted by Crippen LogP contribution is 2.37. The van der Waals surface area contributed by atoms with Crippen molar-refractivity contribution in [3.63, 3.8) is 0 Å². The standard InChI is InChI=1S/C16H21N5O.ClH/c1-11-4-8-21(10-11)13-9-12(3-7-18-13)14-19-15(20-22-14)16(17)5-2-6-16;/h3,7,9,11H,2,4-6,8,10,17H2,1H3;1H. The fourth-order valence-corrected chi connectivity index (χ4v) is 3.19. The zero-order valence-corrected chi connectivity index (χ0v) is 14.1. The molecule has 1 saturated heterocycles. The van der Waals surface area contributed by atoms with Gasteiger partial charge in [-0.1, -0.05) is 12.1 Å². The molecule has 1 aliphatic carbocycles. The number of nitrogens with two attached hydrogens (primary N) is 1. The fraction of sp³-hybridized carbons (Fsp3) is 0.562. The minimum absolute atomic E-state index is 0. The molecule has 0 bridgehead atoms. The predicted molar refractivity (Wildman–Crippen MR) is 90.5 cm³/mol. The van der Waals surface area contributed by atoms with E-state index in [0.29, 0.717) is 11.7 Å². The number of nitrogens with zero attached hydrogens (tertiary/aromatic N) is 4. The maximum Gasteiger partial charge on any atom is 0.258 e. The van der Waals surface area contributed by atoms with Gasteiger partial charge in [-0.2, -0.15) is 4.98 Å². The average molecular weight is 336 g/mol. The van der Waals surface area contributed by atoms with Gasteiger partial charge >= 0.3 is 0 Å². The fourth-order valence-electron chi connectivity index (χ4n) is 3.19. The minimum atomic E-state index is -0.387. The molecule has 6 nitrogen and oxygen atoms in total. The van der Waals surface area contributed by atoms with Crippen molar-refractivity contribution in [3.8, 4) is 11.5 Å². The summed E-state index contributed by atoms with van der Waals surface area (Å²) in [6.45, 7) is 4.38. The number of rotatable bonds is 3. The van der Waals surface area contributed by atoms with Crippen molar-refractivity contribution < 1.29 is 4.52 Å². The van der Waals surface area contributed by atoms with Crippen LogP contribution in [-0.2, 0) is 5.54 Å². The number of hydrogen-bond donors (Lipinski definition) is 1. The van der Waals surface area contributed by atoms with Crippen LogP contribution in [0.5, 0.6) is 0 Å². The maximum atomic E-state index is 6.25. The Balaban J connectivity index is 0.00000156. The van der Waals surface area contributed by atoms with Gasteiger partial charge in [0, 0.05) is 24.8 Å². The Labute approximate surface area is 141 Å². The second-order valence-electron chi connectivity index (χ2n) is 6.68. The van der Waals surface area contributed by atoms with Crippen LogP contribution in [0.1, 0.15) is 38.4 Å². The largest absolute Gasteiger partial charge is 0.356 e. The SMILES string of the molecule is CC1CCN(c2cc(-c3nc(C4(N)CCC4)no3)ccn2)C1.Cl. The number of halogens is 1. The van der Waals surface area contributed by atoms with Gasteiger partial charge in [-0.25, -0.2) is 4.98 Å². The molecule has 1 atom stereocenters. The van der Waals surface area contributed by atoms with Gasteiger partial charge in [-0.05, 0) is 43.7 Å². The highest BCUT2D eigenvalue weighted by molar-refractivity contribution is 5.85. The number of aromatic nitrogens is 3. The summed E-state index contributed by atoms with van der Waals surface area (Å²) in [4.78, 5) is 11.3. The van der Waals surface area contributed by atoms with E-state index in [1.54, 1.807) is 6.20 Å². The van der Waals surface area contributed by atoms with Gasteiger partial charge in [-0.3, -0.25) is 0 Å². The Kier molecular flexibility index (Phi) is 4.29. The highest BCUT2D eigenvalue weighted by Gasteiger charge is 2.39. The Hall–Kier alpha value is -1.66. The molecule has 23 heavy (non-hydrogen) atoms. The van der Waals surface area contributed by atoms with Crippen molar-refractivity contribution in [1.29, 1.82) is 0 Å². The Morgan fingerprint density at radius 2 is 2.22 bits per heavy atom. The summed E-state index contributed by atoms with van der Waals surface area (Å²) in [7, 11) is 0. The summed E-state index contributed by atoms with van der Waals surface area (Å²) in [6, 6.07) is 3.93. The van der Waals surface area contributed by atoms with Crippen molar-refractivity contribution >= 4 is 18.2 Å². The quantitative estimate of drug-likeness (QED) is 0.928. The van der Waals surface area contributed by atoms with Crippen LogP contribution in [0.25, 0.3) is 11.5 Å². The molecule has 2 aliphatic rings. The molecule has 1 aliphatic heterocycles. The molecular formula is C16H22ClN5O. The van der Waals surface area contributed by atoms with Crippen LogP contribution in [-0.4, -0.2) is 28.2 Å². The van der Waals surface area contributed by atoms with E-state index in [-0.39, 0.29) is 17.9 Å². The molecule has 2 aromatic heterocycles. The summed E-state index contributed by atoms with van der Waals surface area (Å²) < 4.78 is 5.42. The van der Waals surface area contributed by atoms with Gasteiger partial charge in [0.25, 0.3) is 5.89 Å². The lowest BCUT2D eigenvalue weighted by Gasteiger charge is -2.34. The Morgan fingerprint density at radius 1 is 1.39 bits per heavy atom. The highest BCUT2D eigenvalue weighted by atomic mass is 35.5. The summed E-state index contributed by atoms with van der Waals surface area (Å²) in [6.07, 6.45) is 6.01. The molecule has 4 rings (SSSR count). The van der Waals surface area contributed by atoms with Crippen LogP contribution in [0, 0.1) is 5.92 Å². The summed E-state index contributed by atoms with van der Waals surface area (Å²) in [5, 5.41) is 4.08. The van der Waals surface area contributed by atoms with Gasteiger partial charge in [-0.15, -0.1) is 12.4 Å². The van der Waals surface area contributed by atoms with E-state index >= 15 is 0 Å². The first-order chi connectivity index (χ1) is 10.6. The third kappa shape index (κ3) is 2.93. The topological polar surface area (TPSA) is 81.1 Å². The second kappa shape index (κ2) is 6.09. The van der Waals surface area contributed by atoms with Crippen molar-refractivity contribution in [3.05, 3.63) is 24.2 Å². The second-order valence-corrected chi connectivity index (χ2v) is 6.68. The first-order valence-electron chi connectivity index (χ1n) is 7.98. The molecule has 3 heterocycles. The van der Waals surface area contributed by atoms with E-state index in [4.69, 9.17) is 10.3 Å². The van der Waals surface area contributed by atoms with E-state index in [1.807, 2.05) is 12.1 Å². The van der Waals surface area contributed by atoms with Crippen molar-refractivity contribution in [2.24, 2.45) is 11.7 Å². The molecule has 0 spiro atoms. The summed E-state index contributed by atoms with van der Waals surface area (Å²) in [5.41, 5.74) is 6.78.